The molecule has 1 aliphatic heterocycles. The molecule has 0 atom stereocenters. The third kappa shape index (κ3) is 2.46. The van der Waals surface area contributed by atoms with Crippen molar-refractivity contribution in [1.29, 1.82) is 0 Å². The highest BCUT2D eigenvalue weighted by Crippen LogP contribution is 2.29. The zero-order valence-corrected chi connectivity index (χ0v) is 12.2. The third-order valence-corrected chi connectivity index (χ3v) is 3.46. The van der Waals surface area contributed by atoms with Gasteiger partial charge in [0.1, 0.15) is 6.61 Å². The molecule has 0 spiro atoms. The molecule has 0 amide bonds. The van der Waals surface area contributed by atoms with Crippen LogP contribution in [-0.4, -0.2) is 18.0 Å². The highest BCUT2D eigenvalue weighted by atomic mass is 16.5. The highest BCUT2D eigenvalue weighted by Gasteiger charge is 2.28. The predicted octanol–water partition coefficient (Wildman–Crippen LogP) is 4.22. The first-order valence-electron chi connectivity index (χ1n) is 6.94. The van der Waals surface area contributed by atoms with Gasteiger partial charge in [0, 0.05) is 5.56 Å². The van der Waals surface area contributed by atoms with Gasteiger partial charge in [0.25, 0.3) is 0 Å². The van der Waals surface area contributed by atoms with E-state index in [-0.39, 0.29) is 5.54 Å². The smallest absolute Gasteiger partial charge is 0.217 e. The minimum Gasteiger partial charge on any atom is -0.475 e. The Labute approximate surface area is 120 Å². The lowest BCUT2D eigenvalue weighted by atomic mass is 9.97. The molecule has 2 aromatic rings. The Hall–Kier alpha value is -2.09. The van der Waals surface area contributed by atoms with Gasteiger partial charge >= 0.3 is 0 Å². The first-order chi connectivity index (χ1) is 9.55. The zero-order chi connectivity index (χ0) is 14.2. The average molecular weight is 265 g/mol. The molecule has 1 heterocycles. The summed E-state index contributed by atoms with van der Waals surface area (Å²) in [5.41, 5.74) is 4.57. The van der Waals surface area contributed by atoms with Crippen LogP contribution in [0.3, 0.4) is 0 Å². The van der Waals surface area contributed by atoms with Crippen molar-refractivity contribution in [3.63, 3.8) is 0 Å². The maximum absolute atomic E-state index is 5.81. The molecular weight excluding hydrogens is 246 g/mol. The topological polar surface area (TPSA) is 21.6 Å². The van der Waals surface area contributed by atoms with E-state index in [9.17, 15) is 0 Å². The molecule has 2 nitrogen and oxygen atoms in total. The van der Waals surface area contributed by atoms with Crippen LogP contribution in [0, 0.1) is 6.92 Å². The fraction of sp³-hybridized carbons (Fsp3) is 0.278. The maximum Gasteiger partial charge on any atom is 0.217 e. The van der Waals surface area contributed by atoms with Crippen LogP contribution in [0.2, 0.25) is 0 Å². The molecular formula is C18H19NO. The summed E-state index contributed by atoms with van der Waals surface area (Å²) in [6.45, 7) is 6.94. The second-order valence-electron chi connectivity index (χ2n) is 5.93. The van der Waals surface area contributed by atoms with Gasteiger partial charge in [0.2, 0.25) is 5.90 Å². The summed E-state index contributed by atoms with van der Waals surface area (Å²) in [6.07, 6.45) is 0. The van der Waals surface area contributed by atoms with Crippen LogP contribution in [0.25, 0.3) is 11.1 Å². The second kappa shape index (κ2) is 4.78. The molecule has 0 aliphatic carbocycles. The molecule has 0 saturated heterocycles. The van der Waals surface area contributed by atoms with Gasteiger partial charge in [-0.15, -0.1) is 0 Å². The Morgan fingerprint density at radius 1 is 1.00 bits per heavy atom. The van der Waals surface area contributed by atoms with E-state index in [1.54, 1.807) is 0 Å². The molecule has 2 aromatic carbocycles. The monoisotopic (exact) mass is 265 g/mol. The number of hydrogen-bond donors (Lipinski definition) is 0. The standard InChI is InChI=1S/C18H19NO/c1-13-9-10-15(17-19-18(2,3)12-20-17)16(11-13)14-7-5-4-6-8-14/h4-11H,12H2,1-3H3. The van der Waals surface area contributed by atoms with Crippen molar-refractivity contribution >= 4 is 5.90 Å². The lowest BCUT2D eigenvalue weighted by Gasteiger charge is -2.10. The van der Waals surface area contributed by atoms with E-state index in [1.807, 2.05) is 6.07 Å². The molecule has 1 aliphatic rings. The zero-order valence-electron chi connectivity index (χ0n) is 12.2. The van der Waals surface area contributed by atoms with E-state index in [2.05, 4.69) is 63.2 Å². The Bertz CT molecular complexity index is 656. The minimum atomic E-state index is -0.131. The van der Waals surface area contributed by atoms with Gasteiger partial charge in [0.05, 0.1) is 5.54 Å². The van der Waals surface area contributed by atoms with Gasteiger partial charge in [-0.25, -0.2) is 4.99 Å². The predicted molar refractivity (Wildman–Crippen MR) is 83.2 cm³/mol. The normalized spacial score (nSPS) is 16.6. The van der Waals surface area contributed by atoms with Crippen LogP contribution in [0.4, 0.5) is 0 Å². The third-order valence-electron chi connectivity index (χ3n) is 3.46. The van der Waals surface area contributed by atoms with E-state index < -0.39 is 0 Å². The van der Waals surface area contributed by atoms with Crippen LogP contribution >= 0.6 is 0 Å². The lowest BCUT2D eigenvalue weighted by molar-refractivity contribution is 0.279. The average Bonchev–Trinajstić information content (AvgIpc) is 2.80. The Balaban J connectivity index is 2.13. The summed E-state index contributed by atoms with van der Waals surface area (Å²) in [5, 5.41) is 0. The van der Waals surface area contributed by atoms with Crippen molar-refractivity contribution in [2.75, 3.05) is 6.61 Å². The summed E-state index contributed by atoms with van der Waals surface area (Å²) >= 11 is 0. The largest absolute Gasteiger partial charge is 0.475 e. The first-order valence-corrected chi connectivity index (χ1v) is 6.94. The maximum atomic E-state index is 5.81. The Morgan fingerprint density at radius 3 is 2.40 bits per heavy atom. The van der Waals surface area contributed by atoms with E-state index in [1.165, 1.54) is 16.7 Å². The first kappa shape index (κ1) is 12.9. The van der Waals surface area contributed by atoms with Gasteiger partial charge in [-0.1, -0.05) is 48.0 Å². The SMILES string of the molecule is Cc1ccc(C2=NC(C)(C)CO2)c(-c2ccccc2)c1. The molecule has 3 rings (SSSR count). The number of ether oxygens (including phenoxy) is 1. The number of nitrogens with zero attached hydrogens (tertiary/aromatic N) is 1. The van der Waals surface area contributed by atoms with Crippen LogP contribution in [-0.2, 0) is 4.74 Å². The van der Waals surface area contributed by atoms with Gasteiger partial charge in [-0.2, -0.15) is 0 Å². The van der Waals surface area contributed by atoms with Gasteiger partial charge < -0.3 is 4.74 Å². The van der Waals surface area contributed by atoms with Crippen molar-refractivity contribution in [1.82, 2.24) is 0 Å². The Morgan fingerprint density at radius 2 is 1.75 bits per heavy atom. The van der Waals surface area contributed by atoms with Gasteiger partial charge in [0.15, 0.2) is 0 Å². The van der Waals surface area contributed by atoms with Crippen molar-refractivity contribution < 1.29 is 4.74 Å². The van der Waals surface area contributed by atoms with Gasteiger partial charge in [-0.3, -0.25) is 0 Å². The van der Waals surface area contributed by atoms with Crippen LogP contribution in [0.5, 0.6) is 0 Å². The van der Waals surface area contributed by atoms with Crippen LogP contribution in [0.1, 0.15) is 25.0 Å². The number of hydrogen-bond acceptors (Lipinski definition) is 2. The number of aryl methyl sites for hydroxylation is 1. The Kier molecular flexibility index (Phi) is 3.09. The second-order valence-corrected chi connectivity index (χ2v) is 5.93. The van der Waals surface area contributed by atoms with Crippen molar-refractivity contribution in [2.24, 2.45) is 4.99 Å². The molecule has 20 heavy (non-hydrogen) atoms. The van der Waals surface area contributed by atoms with E-state index in [4.69, 9.17) is 9.73 Å². The fourth-order valence-corrected chi connectivity index (χ4v) is 2.42. The number of aliphatic imine (C=N–C) groups is 1. The quantitative estimate of drug-likeness (QED) is 0.796. The summed E-state index contributed by atoms with van der Waals surface area (Å²) in [7, 11) is 0. The fourth-order valence-electron chi connectivity index (χ4n) is 2.42. The van der Waals surface area contributed by atoms with E-state index >= 15 is 0 Å². The molecule has 0 aromatic heterocycles. The van der Waals surface area contributed by atoms with Crippen LogP contribution < -0.4 is 0 Å². The molecule has 0 unspecified atom stereocenters. The van der Waals surface area contributed by atoms with Crippen LogP contribution in [0.15, 0.2) is 53.5 Å². The molecule has 0 radical (unpaired) electrons. The number of rotatable bonds is 2. The van der Waals surface area contributed by atoms with Crippen molar-refractivity contribution in [3.8, 4) is 11.1 Å². The molecule has 0 saturated carbocycles. The minimum absolute atomic E-state index is 0.131. The lowest BCUT2D eigenvalue weighted by Crippen LogP contribution is -2.17. The van der Waals surface area contributed by atoms with Crippen molar-refractivity contribution in [2.45, 2.75) is 26.3 Å². The molecule has 0 bridgehead atoms. The van der Waals surface area contributed by atoms with Gasteiger partial charge in [-0.05, 0) is 38.0 Å². The highest BCUT2D eigenvalue weighted by molar-refractivity contribution is 6.02. The van der Waals surface area contributed by atoms with E-state index in [0.29, 0.717) is 6.61 Å². The summed E-state index contributed by atoms with van der Waals surface area (Å²) in [4.78, 5) is 4.70. The molecule has 0 N–H and O–H groups in total. The molecule has 2 heteroatoms. The molecule has 102 valence electrons. The summed E-state index contributed by atoms with van der Waals surface area (Å²) in [5.74, 6) is 0.758. The summed E-state index contributed by atoms with van der Waals surface area (Å²) < 4.78 is 5.81. The van der Waals surface area contributed by atoms with Crippen molar-refractivity contribution in [3.05, 3.63) is 59.7 Å². The number of benzene rings is 2. The van der Waals surface area contributed by atoms with E-state index in [0.717, 1.165) is 11.5 Å². The molecule has 0 fully saturated rings. The summed E-state index contributed by atoms with van der Waals surface area (Å²) in [6, 6.07) is 16.8.